The van der Waals surface area contributed by atoms with Gasteiger partial charge in [0.1, 0.15) is 23.9 Å². The predicted octanol–water partition coefficient (Wildman–Crippen LogP) is 3.01. The molecule has 21 heavy (non-hydrogen) atoms. The van der Waals surface area contributed by atoms with Crippen molar-refractivity contribution in [1.82, 2.24) is 5.32 Å². The van der Waals surface area contributed by atoms with E-state index >= 15 is 0 Å². The highest BCUT2D eigenvalue weighted by atomic mass is 16.7. The second-order valence-electron chi connectivity index (χ2n) is 4.88. The number of hydrogen-bond acceptors (Lipinski definition) is 5. The maximum atomic E-state index is 5.80. The van der Waals surface area contributed by atoms with Crippen LogP contribution in [0, 0.1) is 6.92 Å². The van der Waals surface area contributed by atoms with Crippen LogP contribution in [0.15, 0.2) is 28.7 Å². The summed E-state index contributed by atoms with van der Waals surface area (Å²) in [5.41, 5.74) is 1.06. The van der Waals surface area contributed by atoms with E-state index < -0.39 is 0 Å². The Hall–Kier alpha value is -2.14. The molecule has 2 heterocycles. The quantitative estimate of drug-likeness (QED) is 0.886. The zero-order valence-corrected chi connectivity index (χ0v) is 12.3. The molecular formula is C16H19NO4. The van der Waals surface area contributed by atoms with Crippen LogP contribution in [0.5, 0.6) is 17.2 Å². The molecule has 5 heteroatoms. The van der Waals surface area contributed by atoms with Crippen molar-refractivity contribution in [3.05, 3.63) is 41.3 Å². The second kappa shape index (κ2) is 6.10. The highest BCUT2D eigenvalue weighted by Gasteiger charge is 2.14. The molecule has 1 aliphatic rings. The molecule has 0 saturated heterocycles. The summed E-state index contributed by atoms with van der Waals surface area (Å²) in [6, 6.07) is 7.61. The van der Waals surface area contributed by atoms with Crippen molar-refractivity contribution in [3.63, 3.8) is 0 Å². The minimum absolute atomic E-state index is 0.271. The minimum atomic E-state index is 0.271. The molecule has 0 amide bonds. The molecule has 5 nitrogen and oxygen atoms in total. The molecule has 3 rings (SSSR count). The Labute approximate surface area is 123 Å². The summed E-state index contributed by atoms with van der Waals surface area (Å²) >= 11 is 0. The average molecular weight is 289 g/mol. The molecule has 0 fully saturated rings. The minimum Gasteiger partial charge on any atom is -0.489 e. The van der Waals surface area contributed by atoms with E-state index in [1.54, 1.807) is 0 Å². The van der Waals surface area contributed by atoms with Crippen molar-refractivity contribution in [2.75, 3.05) is 13.3 Å². The fraction of sp³-hybridized carbons (Fsp3) is 0.375. The first-order chi connectivity index (χ1) is 10.3. The number of furan rings is 1. The molecule has 0 radical (unpaired) electrons. The lowest BCUT2D eigenvalue weighted by atomic mass is 10.2. The maximum absolute atomic E-state index is 5.80. The van der Waals surface area contributed by atoms with Gasteiger partial charge >= 0.3 is 0 Å². The van der Waals surface area contributed by atoms with Gasteiger partial charge in [-0.25, -0.2) is 0 Å². The number of fused-ring (bicyclic) bond motifs is 1. The van der Waals surface area contributed by atoms with Gasteiger partial charge in [0, 0.05) is 11.6 Å². The summed E-state index contributed by atoms with van der Waals surface area (Å²) in [6.45, 7) is 6.42. The molecular weight excluding hydrogens is 270 g/mol. The molecule has 1 aromatic carbocycles. The summed E-state index contributed by atoms with van der Waals surface area (Å²) in [4.78, 5) is 0. The summed E-state index contributed by atoms with van der Waals surface area (Å²) in [7, 11) is 0. The van der Waals surface area contributed by atoms with Crippen molar-refractivity contribution in [2.24, 2.45) is 0 Å². The van der Waals surface area contributed by atoms with Crippen LogP contribution in [0.3, 0.4) is 0 Å². The fourth-order valence-corrected chi connectivity index (χ4v) is 2.19. The molecule has 1 aromatic heterocycles. The van der Waals surface area contributed by atoms with E-state index in [9.17, 15) is 0 Å². The van der Waals surface area contributed by atoms with Crippen LogP contribution in [0.1, 0.15) is 24.0 Å². The van der Waals surface area contributed by atoms with Crippen molar-refractivity contribution in [3.8, 4) is 17.2 Å². The highest BCUT2D eigenvalue weighted by molar-refractivity contribution is 5.46. The van der Waals surface area contributed by atoms with Crippen LogP contribution in [-0.4, -0.2) is 13.3 Å². The number of aryl methyl sites for hydroxylation is 1. The predicted molar refractivity (Wildman–Crippen MR) is 77.7 cm³/mol. The first-order valence-electron chi connectivity index (χ1n) is 7.07. The van der Waals surface area contributed by atoms with Gasteiger partial charge in [0.2, 0.25) is 6.79 Å². The molecule has 1 N–H and O–H groups in total. The molecule has 0 spiro atoms. The first kappa shape index (κ1) is 13.8. The number of hydrogen-bond donors (Lipinski definition) is 1. The van der Waals surface area contributed by atoms with Crippen LogP contribution in [0.4, 0.5) is 0 Å². The van der Waals surface area contributed by atoms with E-state index in [0.29, 0.717) is 6.61 Å². The maximum Gasteiger partial charge on any atom is 0.231 e. The Kier molecular flexibility index (Phi) is 4.01. The largest absolute Gasteiger partial charge is 0.489 e. The van der Waals surface area contributed by atoms with Gasteiger partial charge in [-0.1, -0.05) is 6.92 Å². The van der Waals surface area contributed by atoms with Crippen LogP contribution < -0.4 is 19.5 Å². The van der Waals surface area contributed by atoms with Crippen molar-refractivity contribution >= 4 is 0 Å². The first-order valence-corrected chi connectivity index (χ1v) is 7.07. The van der Waals surface area contributed by atoms with E-state index in [-0.39, 0.29) is 6.79 Å². The lowest BCUT2D eigenvalue weighted by molar-refractivity contribution is 0.173. The number of benzene rings is 1. The average Bonchev–Trinajstić information content (AvgIpc) is 3.08. The Bertz CT molecular complexity index is 621. The van der Waals surface area contributed by atoms with Gasteiger partial charge in [-0.3, -0.25) is 0 Å². The lowest BCUT2D eigenvalue weighted by Gasteiger charge is -2.06. The SMILES string of the molecule is CCNCc1cc(COc2ccc3c(c2)OCO3)c(C)o1. The Balaban J connectivity index is 1.63. The van der Waals surface area contributed by atoms with E-state index in [1.165, 1.54) is 0 Å². The molecule has 0 bridgehead atoms. The smallest absolute Gasteiger partial charge is 0.231 e. The Morgan fingerprint density at radius 2 is 2.05 bits per heavy atom. The van der Waals surface area contributed by atoms with Gasteiger partial charge in [0.25, 0.3) is 0 Å². The van der Waals surface area contributed by atoms with Gasteiger partial charge < -0.3 is 23.9 Å². The molecule has 0 unspecified atom stereocenters. The molecule has 112 valence electrons. The summed E-state index contributed by atoms with van der Waals surface area (Å²) in [6.07, 6.45) is 0. The van der Waals surface area contributed by atoms with Crippen molar-refractivity contribution in [1.29, 1.82) is 0 Å². The third-order valence-corrected chi connectivity index (χ3v) is 3.36. The molecule has 1 aliphatic heterocycles. The van der Waals surface area contributed by atoms with Gasteiger partial charge in [0.05, 0.1) is 6.54 Å². The highest BCUT2D eigenvalue weighted by Crippen LogP contribution is 2.35. The standard InChI is InChI=1S/C16H19NO4/c1-3-17-8-14-6-12(11(2)21-14)9-18-13-4-5-15-16(7-13)20-10-19-15/h4-7,17H,3,8-10H2,1-2H3. The second-order valence-corrected chi connectivity index (χ2v) is 4.88. The van der Waals surface area contributed by atoms with E-state index in [1.807, 2.05) is 31.2 Å². The summed E-state index contributed by atoms with van der Waals surface area (Å²) in [5.74, 6) is 4.06. The topological polar surface area (TPSA) is 52.9 Å². The monoisotopic (exact) mass is 289 g/mol. The van der Waals surface area contributed by atoms with Crippen molar-refractivity contribution in [2.45, 2.75) is 27.0 Å². The normalized spacial score (nSPS) is 12.7. The molecule has 0 saturated carbocycles. The number of rotatable bonds is 6. The lowest BCUT2D eigenvalue weighted by Crippen LogP contribution is -2.10. The number of nitrogens with one attached hydrogen (secondary N) is 1. The third-order valence-electron chi connectivity index (χ3n) is 3.36. The van der Waals surface area contributed by atoms with Gasteiger partial charge in [-0.05, 0) is 31.7 Å². The fourth-order valence-electron chi connectivity index (χ4n) is 2.19. The van der Waals surface area contributed by atoms with E-state index in [0.717, 1.165) is 47.4 Å². The van der Waals surface area contributed by atoms with Gasteiger partial charge in [-0.2, -0.15) is 0 Å². The molecule has 0 atom stereocenters. The van der Waals surface area contributed by atoms with Gasteiger partial charge in [-0.15, -0.1) is 0 Å². The van der Waals surface area contributed by atoms with E-state index in [4.69, 9.17) is 18.6 Å². The zero-order chi connectivity index (χ0) is 14.7. The number of ether oxygens (including phenoxy) is 3. The summed E-state index contributed by atoms with van der Waals surface area (Å²) in [5, 5.41) is 3.24. The van der Waals surface area contributed by atoms with Crippen molar-refractivity contribution < 1.29 is 18.6 Å². The molecule has 0 aliphatic carbocycles. The van der Waals surface area contributed by atoms with Gasteiger partial charge in [0.15, 0.2) is 11.5 Å². The van der Waals surface area contributed by atoms with Crippen LogP contribution in [0.25, 0.3) is 0 Å². The zero-order valence-electron chi connectivity index (χ0n) is 12.3. The molecule has 2 aromatic rings. The third kappa shape index (κ3) is 3.13. The Morgan fingerprint density at radius 1 is 1.19 bits per heavy atom. The van der Waals surface area contributed by atoms with Crippen LogP contribution >= 0.6 is 0 Å². The van der Waals surface area contributed by atoms with Crippen LogP contribution in [0.2, 0.25) is 0 Å². The summed E-state index contributed by atoms with van der Waals surface area (Å²) < 4.78 is 22.1. The van der Waals surface area contributed by atoms with E-state index in [2.05, 4.69) is 12.2 Å². The Morgan fingerprint density at radius 3 is 2.90 bits per heavy atom. The van der Waals surface area contributed by atoms with Crippen LogP contribution in [-0.2, 0) is 13.2 Å².